The van der Waals surface area contributed by atoms with Crippen molar-refractivity contribution >= 4 is 28.7 Å². The lowest BCUT2D eigenvalue weighted by molar-refractivity contribution is 0.0718. The standard InChI is InChI=1S/C27H35N5O2/c1-18-9-11-19(12-10-18)25(33)29-23-14-13-21-22(17-32(24(21)28-23)27(2,3)4)26(34)31-15-7-8-20(31)16-30(5)6/h9-14,17,20H,7-8,15-16H2,1-6H3,(H,28,29,33)/t20-/m1/s1. The highest BCUT2D eigenvalue weighted by molar-refractivity contribution is 6.08. The molecule has 1 atom stereocenters. The third-order valence-electron chi connectivity index (χ3n) is 6.37. The maximum Gasteiger partial charge on any atom is 0.256 e. The fourth-order valence-electron chi connectivity index (χ4n) is 4.62. The van der Waals surface area contributed by atoms with Crippen LogP contribution in [-0.4, -0.2) is 64.4 Å². The largest absolute Gasteiger partial charge is 0.334 e. The molecular weight excluding hydrogens is 426 g/mol. The molecule has 1 saturated heterocycles. The van der Waals surface area contributed by atoms with E-state index in [9.17, 15) is 9.59 Å². The van der Waals surface area contributed by atoms with Crippen molar-refractivity contribution in [1.82, 2.24) is 19.4 Å². The Morgan fingerprint density at radius 1 is 1.12 bits per heavy atom. The minimum absolute atomic E-state index is 0.0515. The topological polar surface area (TPSA) is 70.5 Å². The highest BCUT2D eigenvalue weighted by atomic mass is 16.2. The number of nitrogens with one attached hydrogen (secondary N) is 1. The number of fused-ring (bicyclic) bond motifs is 1. The van der Waals surface area contributed by atoms with Gasteiger partial charge >= 0.3 is 0 Å². The van der Waals surface area contributed by atoms with Crippen LogP contribution < -0.4 is 5.32 Å². The van der Waals surface area contributed by atoms with E-state index in [0.717, 1.165) is 36.9 Å². The van der Waals surface area contributed by atoms with Crippen molar-refractivity contribution in [1.29, 1.82) is 0 Å². The molecule has 7 heteroatoms. The van der Waals surface area contributed by atoms with Crippen LogP contribution in [-0.2, 0) is 5.54 Å². The predicted molar refractivity (Wildman–Crippen MR) is 136 cm³/mol. The molecule has 0 unspecified atom stereocenters. The lowest BCUT2D eigenvalue weighted by atomic mass is 10.1. The number of aryl methyl sites for hydroxylation is 1. The summed E-state index contributed by atoms with van der Waals surface area (Å²) in [4.78, 5) is 35.3. The number of likely N-dealkylation sites (tertiary alicyclic amines) is 1. The molecule has 1 fully saturated rings. The van der Waals surface area contributed by atoms with E-state index in [2.05, 4.69) is 31.0 Å². The summed E-state index contributed by atoms with van der Waals surface area (Å²) in [5.74, 6) is 0.309. The molecule has 0 aliphatic carbocycles. The molecule has 1 aliphatic heterocycles. The highest BCUT2D eigenvalue weighted by Gasteiger charge is 2.32. The molecule has 34 heavy (non-hydrogen) atoms. The van der Waals surface area contributed by atoms with Crippen LogP contribution in [0.25, 0.3) is 11.0 Å². The molecule has 0 saturated carbocycles. The van der Waals surface area contributed by atoms with Crippen LogP contribution in [0.5, 0.6) is 0 Å². The number of carbonyl (C=O) groups excluding carboxylic acids is 2. The number of hydrogen-bond acceptors (Lipinski definition) is 4. The molecule has 3 aromatic rings. The van der Waals surface area contributed by atoms with Gasteiger partial charge < -0.3 is 19.7 Å². The number of carbonyl (C=O) groups is 2. The van der Waals surface area contributed by atoms with Crippen LogP contribution in [0.2, 0.25) is 0 Å². The minimum atomic E-state index is -0.280. The van der Waals surface area contributed by atoms with E-state index in [1.807, 2.05) is 54.9 Å². The van der Waals surface area contributed by atoms with Gasteiger partial charge in [-0.3, -0.25) is 9.59 Å². The first kappa shape index (κ1) is 24.0. The number of nitrogens with zero attached hydrogens (tertiary/aromatic N) is 4. The Morgan fingerprint density at radius 3 is 2.47 bits per heavy atom. The molecule has 0 radical (unpaired) electrons. The van der Waals surface area contributed by atoms with E-state index in [0.29, 0.717) is 22.6 Å². The van der Waals surface area contributed by atoms with Crippen molar-refractivity contribution in [2.45, 2.75) is 52.1 Å². The quantitative estimate of drug-likeness (QED) is 0.607. The second-order valence-corrected chi connectivity index (χ2v) is 10.5. The van der Waals surface area contributed by atoms with Crippen molar-refractivity contribution in [2.24, 2.45) is 0 Å². The summed E-state index contributed by atoms with van der Waals surface area (Å²) < 4.78 is 2.04. The summed E-state index contributed by atoms with van der Waals surface area (Å²) in [7, 11) is 4.09. The molecule has 4 rings (SSSR count). The van der Waals surface area contributed by atoms with Crippen molar-refractivity contribution in [3.63, 3.8) is 0 Å². The number of amides is 2. The lowest BCUT2D eigenvalue weighted by Gasteiger charge is -2.27. The number of pyridine rings is 1. The number of likely N-dealkylation sites (N-methyl/N-ethyl adjacent to an activating group) is 1. The first-order chi connectivity index (χ1) is 16.0. The van der Waals surface area contributed by atoms with Gasteiger partial charge in [-0.15, -0.1) is 0 Å². The number of rotatable bonds is 5. The number of aromatic nitrogens is 2. The summed E-state index contributed by atoms with van der Waals surface area (Å²) in [5, 5.41) is 3.72. The Kier molecular flexibility index (Phi) is 6.49. The Balaban J connectivity index is 1.69. The van der Waals surface area contributed by atoms with E-state index in [1.54, 1.807) is 18.2 Å². The van der Waals surface area contributed by atoms with E-state index in [1.165, 1.54) is 0 Å². The number of anilines is 1. The zero-order valence-corrected chi connectivity index (χ0v) is 21.1. The molecule has 0 bridgehead atoms. The van der Waals surface area contributed by atoms with E-state index >= 15 is 0 Å². The van der Waals surface area contributed by atoms with Gasteiger partial charge in [0.15, 0.2) is 0 Å². The van der Waals surface area contributed by atoms with Gasteiger partial charge in [-0.05, 0) is 78.9 Å². The zero-order valence-electron chi connectivity index (χ0n) is 21.1. The number of hydrogen-bond donors (Lipinski definition) is 1. The van der Waals surface area contributed by atoms with Gasteiger partial charge in [-0.1, -0.05) is 17.7 Å². The van der Waals surface area contributed by atoms with Gasteiger partial charge in [-0.25, -0.2) is 4.98 Å². The van der Waals surface area contributed by atoms with Gasteiger partial charge in [0, 0.05) is 41.8 Å². The molecule has 1 aliphatic rings. The Hall–Kier alpha value is -3.19. The Morgan fingerprint density at radius 2 is 1.82 bits per heavy atom. The monoisotopic (exact) mass is 461 g/mol. The first-order valence-electron chi connectivity index (χ1n) is 11.9. The molecule has 180 valence electrons. The lowest BCUT2D eigenvalue weighted by Crippen LogP contribution is -2.41. The van der Waals surface area contributed by atoms with Crippen molar-refractivity contribution in [3.8, 4) is 0 Å². The second-order valence-electron chi connectivity index (χ2n) is 10.5. The van der Waals surface area contributed by atoms with Crippen molar-refractivity contribution < 1.29 is 9.59 Å². The average Bonchev–Trinajstić information content (AvgIpc) is 3.37. The maximum atomic E-state index is 13.7. The van der Waals surface area contributed by atoms with Crippen LogP contribution in [0.15, 0.2) is 42.6 Å². The smallest absolute Gasteiger partial charge is 0.256 e. The predicted octanol–water partition coefficient (Wildman–Crippen LogP) is 4.52. The van der Waals surface area contributed by atoms with E-state index < -0.39 is 0 Å². The van der Waals surface area contributed by atoms with Crippen LogP contribution in [0, 0.1) is 6.92 Å². The zero-order chi connectivity index (χ0) is 24.6. The molecule has 1 aromatic carbocycles. The minimum Gasteiger partial charge on any atom is -0.334 e. The first-order valence-corrected chi connectivity index (χ1v) is 11.9. The molecule has 1 N–H and O–H groups in total. The normalized spacial score (nSPS) is 16.4. The van der Waals surface area contributed by atoms with Crippen LogP contribution in [0.1, 0.15) is 59.9 Å². The van der Waals surface area contributed by atoms with E-state index in [4.69, 9.17) is 4.98 Å². The third kappa shape index (κ3) is 4.85. The van der Waals surface area contributed by atoms with Crippen LogP contribution >= 0.6 is 0 Å². The fraction of sp³-hybridized carbons (Fsp3) is 0.444. The maximum absolute atomic E-state index is 13.7. The third-order valence-corrected chi connectivity index (χ3v) is 6.37. The summed E-state index contributed by atoms with van der Waals surface area (Å²) in [6.45, 7) is 9.89. The van der Waals surface area contributed by atoms with Gasteiger partial charge in [-0.2, -0.15) is 0 Å². The van der Waals surface area contributed by atoms with Crippen LogP contribution in [0.3, 0.4) is 0 Å². The van der Waals surface area contributed by atoms with Crippen molar-refractivity contribution in [2.75, 3.05) is 32.5 Å². The van der Waals surface area contributed by atoms with Gasteiger partial charge in [0.2, 0.25) is 0 Å². The molecule has 3 heterocycles. The van der Waals surface area contributed by atoms with Gasteiger partial charge in [0.25, 0.3) is 11.8 Å². The fourth-order valence-corrected chi connectivity index (χ4v) is 4.62. The summed E-state index contributed by atoms with van der Waals surface area (Å²) >= 11 is 0. The molecule has 0 spiro atoms. The Labute approximate surface area is 201 Å². The Bertz CT molecular complexity index is 1200. The molecular formula is C27H35N5O2. The van der Waals surface area contributed by atoms with Gasteiger partial charge in [0.1, 0.15) is 11.5 Å². The number of benzene rings is 1. The highest BCUT2D eigenvalue weighted by Crippen LogP contribution is 2.30. The summed E-state index contributed by atoms with van der Waals surface area (Å²) in [6, 6.07) is 11.3. The van der Waals surface area contributed by atoms with Crippen LogP contribution in [0.4, 0.5) is 5.82 Å². The SMILES string of the molecule is Cc1ccc(C(=O)Nc2ccc3c(C(=O)N4CCC[C@@H]4CN(C)C)cn(C(C)(C)C)c3n2)cc1. The average molecular weight is 462 g/mol. The molecule has 7 nitrogen and oxygen atoms in total. The molecule has 2 amide bonds. The summed E-state index contributed by atoms with van der Waals surface area (Å²) in [5.41, 5.74) is 2.76. The van der Waals surface area contributed by atoms with Crippen molar-refractivity contribution in [3.05, 3.63) is 59.3 Å². The van der Waals surface area contributed by atoms with E-state index in [-0.39, 0.29) is 23.4 Å². The summed E-state index contributed by atoms with van der Waals surface area (Å²) in [6.07, 6.45) is 3.97. The molecule has 2 aromatic heterocycles. The van der Waals surface area contributed by atoms with Gasteiger partial charge in [0.05, 0.1) is 5.56 Å². The second kappa shape index (κ2) is 9.22.